The van der Waals surface area contributed by atoms with Gasteiger partial charge in [-0.3, -0.25) is 0 Å². The van der Waals surface area contributed by atoms with Crippen LogP contribution >= 0.6 is 0 Å². The lowest BCUT2D eigenvalue weighted by Crippen LogP contribution is -2.54. The van der Waals surface area contributed by atoms with Crippen molar-refractivity contribution in [1.29, 1.82) is 0 Å². The van der Waals surface area contributed by atoms with Gasteiger partial charge in [0, 0.05) is 5.41 Å². The van der Waals surface area contributed by atoms with Crippen LogP contribution in [0.3, 0.4) is 0 Å². The monoisotopic (exact) mass is 248 g/mol. The summed E-state index contributed by atoms with van der Waals surface area (Å²) in [6.45, 7) is 11.0. The summed E-state index contributed by atoms with van der Waals surface area (Å²) in [7, 11) is 0. The van der Waals surface area contributed by atoms with Crippen molar-refractivity contribution in [2.75, 3.05) is 6.61 Å². The first kappa shape index (κ1) is 13.6. The van der Waals surface area contributed by atoms with Gasteiger partial charge < -0.3 is 9.84 Å². The molecule has 1 N–H and O–H groups in total. The molecule has 0 saturated carbocycles. The summed E-state index contributed by atoms with van der Waals surface area (Å²) in [5.74, 6) is 0. The maximum Gasteiger partial charge on any atom is 0.112 e. The van der Waals surface area contributed by atoms with Crippen molar-refractivity contribution in [3.8, 4) is 0 Å². The number of hydrogen-bond donors (Lipinski definition) is 1. The minimum atomic E-state index is -0.874. The summed E-state index contributed by atoms with van der Waals surface area (Å²) in [5, 5.41) is 11.3. The van der Waals surface area contributed by atoms with Crippen LogP contribution in [0.2, 0.25) is 0 Å². The molecule has 2 rings (SSSR count). The first-order valence-corrected chi connectivity index (χ1v) is 6.59. The van der Waals surface area contributed by atoms with Crippen molar-refractivity contribution < 1.29 is 9.84 Å². The summed E-state index contributed by atoms with van der Waals surface area (Å²) in [5.41, 5.74) is -0.318. The van der Waals surface area contributed by atoms with Gasteiger partial charge >= 0.3 is 0 Å². The van der Waals surface area contributed by atoms with Gasteiger partial charge in [-0.2, -0.15) is 0 Å². The molecule has 1 aromatic rings. The summed E-state index contributed by atoms with van der Waals surface area (Å²) in [6, 6.07) is 10.0. The highest BCUT2D eigenvalue weighted by Gasteiger charge is 2.61. The fourth-order valence-electron chi connectivity index (χ4n) is 3.25. The van der Waals surface area contributed by atoms with Crippen molar-refractivity contribution >= 4 is 0 Å². The smallest absolute Gasteiger partial charge is 0.112 e. The highest BCUT2D eigenvalue weighted by atomic mass is 16.5. The average molecular weight is 248 g/mol. The molecule has 0 bridgehead atoms. The van der Waals surface area contributed by atoms with Crippen molar-refractivity contribution in [3.63, 3.8) is 0 Å². The molecule has 0 aromatic heterocycles. The first-order chi connectivity index (χ1) is 8.20. The molecule has 1 fully saturated rings. The second kappa shape index (κ2) is 4.07. The van der Waals surface area contributed by atoms with E-state index in [1.165, 1.54) is 0 Å². The van der Waals surface area contributed by atoms with Gasteiger partial charge in [-0.25, -0.2) is 0 Å². The van der Waals surface area contributed by atoms with Gasteiger partial charge in [0.25, 0.3) is 0 Å². The average Bonchev–Trinajstić information content (AvgIpc) is 2.52. The number of aliphatic hydroxyl groups is 1. The molecule has 1 aliphatic rings. The molecule has 1 aromatic carbocycles. The van der Waals surface area contributed by atoms with Crippen LogP contribution < -0.4 is 0 Å². The number of hydrogen-bond acceptors (Lipinski definition) is 2. The third-order valence-corrected chi connectivity index (χ3v) is 4.27. The van der Waals surface area contributed by atoms with E-state index in [4.69, 9.17) is 4.74 Å². The molecule has 0 radical (unpaired) electrons. The largest absolute Gasteiger partial charge is 0.386 e. The zero-order chi connectivity index (χ0) is 13.6. The Balaban J connectivity index is 2.50. The molecule has 2 nitrogen and oxygen atoms in total. The van der Waals surface area contributed by atoms with Crippen LogP contribution in [0.5, 0.6) is 0 Å². The van der Waals surface area contributed by atoms with Gasteiger partial charge in [0.2, 0.25) is 0 Å². The Labute approximate surface area is 110 Å². The number of rotatable bonds is 1. The highest BCUT2D eigenvalue weighted by molar-refractivity contribution is 5.26. The maximum absolute atomic E-state index is 11.3. The van der Waals surface area contributed by atoms with E-state index in [9.17, 15) is 5.11 Å². The van der Waals surface area contributed by atoms with Gasteiger partial charge in [0.15, 0.2) is 0 Å². The second-order valence-electron chi connectivity index (χ2n) is 7.00. The van der Waals surface area contributed by atoms with Gasteiger partial charge in [-0.1, -0.05) is 65.0 Å². The zero-order valence-corrected chi connectivity index (χ0v) is 12.0. The Bertz CT molecular complexity index is 416. The van der Waals surface area contributed by atoms with E-state index in [-0.39, 0.29) is 16.9 Å². The Kier molecular flexibility index (Phi) is 3.07. The Hall–Kier alpha value is -0.860. The van der Waals surface area contributed by atoms with E-state index in [0.29, 0.717) is 6.61 Å². The molecule has 0 amide bonds. The Morgan fingerprint density at radius 1 is 1.17 bits per heavy atom. The lowest BCUT2D eigenvalue weighted by Gasteiger charge is -2.48. The fraction of sp³-hybridized carbons (Fsp3) is 0.625. The number of benzene rings is 1. The molecule has 0 spiro atoms. The molecule has 1 saturated heterocycles. The lowest BCUT2D eigenvalue weighted by molar-refractivity contribution is -0.149. The minimum absolute atomic E-state index is 0.243. The van der Waals surface area contributed by atoms with E-state index < -0.39 is 5.60 Å². The van der Waals surface area contributed by atoms with Crippen LogP contribution in [0.4, 0.5) is 0 Å². The van der Waals surface area contributed by atoms with Crippen molar-refractivity contribution in [1.82, 2.24) is 0 Å². The SMILES string of the molecule is CC(C)(C)[C@]1(O)[C@H](c2ccccc2)OCC1(C)C. The van der Waals surface area contributed by atoms with E-state index in [1.54, 1.807) is 0 Å². The standard InChI is InChI=1S/C16H24O2/c1-14(2,3)16(17)13(18-11-15(16,4)5)12-9-7-6-8-10-12/h6-10,13,17H,11H2,1-5H3/t13-,16+/m0/s1. The predicted octanol–water partition coefficient (Wildman–Crippen LogP) is 3.56. The third-order valence-electron chi connectivity index (χ3n) is 4.27. The molecular weight excluding hydrogens is 224 g/mol. The van der Waals surface area contributed by atoms with E-state index >= 15 is 0 Å². The number of ether oxygens (including phenoxy) is 1. The van der Waals surface area contributed by atoms with Crippen molar-refractivity contribution in [2.24, 2.45) is 10.8 Å². The van der Waals surface area contributed by atoms with Crippen molar-refractivity contribution in [3.05, 3.63) is 35.9 Å². The normalized spacial score (nSPS) is 31.6. The van der Waals surface area contributed by atoms with Crippen molar-refractivity contribution in [2.45, 2.75) is 46.3 Å². The third kappa shape index (κ3) is 1.79. The fourth-order valence-corrected chi connectivity index (χ4v) is 3.25. The molecule has 0 aliphatic carbocycles. The first-order valence-electron chi connectivity index (χ1n) is 6.59. The molecule has 100 valence electrons. The highest BCUT2D eigenvalue weighted by Crippen LogP contribution is 2.57. The quantitative estimate of drug-likeness (QED) is 0.823. The molecule has 1 aliphatic heterocycles. The Morgan fingerprint density at radius 3 is 2.22 bits per heavy atom. The van der Waals surface area contributed by atoms with Crippen LogP contribution in [0.25, 0.3) is 0 Å². The Morgan fingerprint density at radius 2 is 1.72 bits per heavy atom. The van der Waals surface area contributed by atoms with Gasteiger partial charge in [0.1, 0.15) is 11.7 Å². The van der Waals surface area contributed by atoms with E-state index in [1.807, 2.05) is 30.3 Å². The topological polar surface area (TPSA) is 29.5 Å². The zero-order valence-electron chi connectivity index (χ0n) is 12.0. The van der Waals surface area contributed by atoms with Gasteiger partial charge in [-0.15, -0.1) is 0 Å². The predicted molar refractivity (Wildman–Crippen MR) is 73.3 cm³/mol. The van der Waals surface area contributed by atoms with Crippen LogP contribution in [-0.2, 0) is 4.74 Å². The molecule has 1 heterocycles. The van der Waals surface area contributed by atoms with Crippen LogP contribution in [0.15, 0.2) is 30.3 Å². The minimum Gasteiger partial charge on any atom is -0.386 e. The second-order valence-corrected chi connectivity index (χ2v) is 7.00. The van der Waals surface area contributed by atoms with Crippen LogP contribution in [-0.4, -0.2) is 17.3 Å². The molecule has 0 unspecified atom stereocenters. The summed E-state index contributed by atoms with van der Waals surface area (Å²) >= 11 is 0. The van der Waals surface area contributed by atoms with Crippen LogP contribution in [0.1, 0.15) is 46.3 Å². The van der Waals surface area contributed by atoms with Crippen LogP contribution in [0, 0.1) is 10.8 Å². The summed E-state index contributed by atoms with van der Waals surface area (Å²) in [6.07, 6.45) is -0.256. The molecular formula is C16H24O2. The summed E-state index contributed by atoms with van der Waals surface area (Å²) in [4.78, 5) is 0. The summed E-state index contributed by atoms with van der Waals surface area (Å²) < 4.78 is 5.95. The molecule has 2 atom stereocenters. The lowest BCUT2D eigenvalue weighted by atomic mass is 9.60. The molecule has 2 heteroatoms. The van der Waals surface area contributed by atoms with Gasteiger partial charge in [-0.05, 0) is 11.0 Å². The van der Waals surface area contributed by atoms with Gasteiger partial charge in [0.05, 0.1) is 6.61 Å². The maximum atomic E-state index is 11.3. The van der Waals surface area contributed by atoms with E-state index in [0.717, 1.165) is 5.56 Å². The van der Waals surface area contributed by atoms with E-state index in [2.05, 4.69) is 34.6 Å². The molecule has 18 heavy (non-hydrogen) atoms.